The zero-order chi connectivity index (χ0) is 27.9. The summed E-state index contributed by atoms with van der Waals surface area (Å²) in [5, 5.41) is 7.56. The van der Waals surface area contributed by atoms with Crippen molar-refractivity contribution in [2.75, 3.05) is 25.5 Å². The second-order valence-corrected chi connectivity index (χ2v) is 10.6. The summed E-state index contributed by atoms with van der Waals surface area (Å²) in [6.07, 6.45) is 0.935. The van der Waals surface area contributed by atoms with Crippen LogP contribution in [0.2, 0.25) is 0 Å². The Labute approximate surface area is 239 Å². The number of hydrogen-bond acceptors (Lipinski definition) is 6. The molecule has 4 aromatic carbocycles. The van der Waals surface area contributed by atoms with Crippen molar-refractivity contribution < 1.29 is 14.3 Å². The fourth-order valence-electron chi connectivity index (χ4n) is 4.44. The molecule has 2 N–H and O–H groups in total. The van der Waals surface area contributed by atoms with Gasteiger partial charge in [-0.15, -0.1) is 0 Å². The first-order chi connectivity index (χ1) is 19.5. The summed E-state index contributed by atoms with van der Waals surface area (Å²) in [5.74, 6) is 2.49. The third-order valence-corrected chi connectivity index (χ3v) is 7.36. The number of fused-ring (bicyclic) bond motifs is 1. The molecule has 5 rings (SSSR count). The minimum Gasteiger partial charge on any atom is -0.497 e. The van der Waals surface area contributed by atoms with E-state index in [0.29, 0.717) is 18.7 Å². The maximum Gasteiger partial charge on any atom is 0.251 e. The van der Waals surface area contributed by atoms with Crippen LogP contribution in [0.25, 0.3) is 32.3 Å². The summed E-state index contributed by atoms with van der Waals surface area (Å²) >= 11 is 1.49. The summed E-state index contributed by atoms with van der Waals surface area (Å²) in [4.78, 5) is 12.6. The van der Waals surface area contributed by atoms with Crippen LogP contribution >= 0.6 is 11.5 Å². The van der Waals surface area contributed by atoms with Crippen molar-refractivity contribution in [1.29, 1.82) is 0 Å². The first kappa shape index (κ1) is 27.2. The molecule has 0 fully saturated rings. The van der Waals surface area contributed by atoms with Crippen LogP contribution in [-0.4, -0.2) is 36.6 Å². The van der Waals surface area contributed by atoms with Gasteiger partial charge in [0.25, 0.3) is 5.91 Å². The van der Waals surface area contributed by atoms with Crippen LogP contribution in [0.15, 0.2) is 91.0 Å². The van der Waals surface area contributed by atoms with E-state index in [1.807, 2.05) is 74.5 Å². The lowest BCUT2D eigenvalue weighted by Crippen LogP contribution is -2.25. The van der Waals surface area contributed by atoms with Gasteiger partial charge in [-0.1, -0.05) is 42.5 Å². The number of anilines is 1. The van der Waals surface area contributed by atoms with E-state index in [-0.39, 0.29) is 12.0 Å². The zero-order valence-corrected chi connectivity index (χ0v) is 23.8. The summed E-state index contributed by atoms with van der Waals surface area (Å²) in [5.41, 5.74) is 5.05. The van der Waals surface area contributed by atoms with Gasteiger partial charge in [0.05, 0.1) is 17.9 Å². The normalized spacial score (nSPS) is 11.0. The summed E-state index contributed by atoms with van der Waals surface area (Å²) in [6, 6.07) is 30.1. The van der Waals surface area contributed by atoms with Crippen LogP contribution in [0, 0.1) is 0 Å². The van der Waals surface area contributed by atoms with Gasteiger partial charge in [-0.3, -0.25) is 4.79 Å². The molecule has 0 saturated heterocycles. The lowest BCUT2D eigenvalue weighted by molar-refractivity contribution is 0.0953. The average Bonchev–Trinajstić information content (AvgIpc) is 3.39. The predicted octanol–water partition coefficient (Wildman–Crippen LogP) is 7.66. The van der Waals surface area contributed by atoms with E-state index >= 15 is 0 Å². The molecule has 0 unspecified atom stereocenters. The number of nitrogens with one attached hydrogen (secondary N) is 2. The first-order valence-electron chi connectivity index (χ1n) is 13.4. The number of hydrogen-bond donors (Lipinski definition) is 2. The Morgan fingerprint density at radius 2 is 1.40 bits per heavy atom. The van der Waals surface area contributed by atoms with E-state index < -0.39 is 0 Å². The molecule has 0 saturated carbocycles. The molecular weight excluding hydrogens is 518 g/mol. The smallest absolute Gasteiger partial charge is 0.251 e. The van der Waals surface area contributed by atoms with Crippen molar-refractivity contribution in [1.82, 2.24) is 9.69 Å². The number of aromatic nitrogens is 1. The number of rotatable bonds is 11. The van der Waals surface area contributed by atoms with E-state index in [1.165, 1.54) is 11.5 Å². The molecule has 1 amide bonds. The second-order valence-electron chi connectivity index (χ2n) is 9.78. The molecule has 0 bridgehead atoms. The van der Waals surface area contributed by atoms with Crippen LogP contribution in [0.1, 0.15) is 30.6 Å². The third-order valence-electron chi connectivity index (χ3n) is 6.53. The molecule has 0 radical (unpaired) electrons. The summed E-state index contributed by atoms with van der Waals surface area (Å²) in [6.45, 7) is 5.33. The van der Waals surface area contributed by atoms with Gasteiger partial charge in [-0.2, -0.15) is 4.37 Å². The van der Waals surface area contributed by atoms with Crippen molar-refractivity contribution in [3.63, 3.8) is 0 Å². The molecular formula is C33H33N3O3S. The molecule has 0 spiro atoms. The van der Waals surface area contributed by atoms with Crippen molar-refractivity contribution in [2.24, 2.45) is 0 Å². The minimum atomic E-state index is -0.0742. The Kier molecular flexibility index (Phi) is 8.62. The molecule has 7 heteroatoms. The third kappa shape index (κ3) is 6.61. The van der Waals surface area contributed by atoms with E-state index in [9.17, 15) is 4.79 Å². The number of carbonyl (C=O) groups is 1. The topological polar surface area (TPSA) is 72.5 Å². The highest BCUT2D eigenvalue weighted by atomic mass is 32.1. The predicted molar refractivity (Wildman–Crippen MR) is 165 cm³/mol. The Morgan fingerprint density at radius 3 is 2.05 bits per heavy atom. The summed E-state index contributed by atoms with van der Waals surface area (Å²) < 4.78 is 16.7. The summed E-state index contributed by atoms with van der Waals surface area (Å²) in [7, 11) is 1.65. The Hall–Kier alpha value is -4.36. The molecule has 0 aliphatic rings. The number of carbonyl (C=O) groups excluding carboxylic acids is 1. The molecule has 40 heavy (non-hydrogen) atoms. The molecule has 5 aromatic rings. The minimum absolute atomic E-state index is 0.0742. The number of methoxy groups -OCH3 is 1. The van der Waals surface area contributed by atoms with Gasteiger partial charge in [-0.25, -0.2) is 0 Å². The van der Waals surface area contributed by atoms with Crippen molar-refractivity contribution in [2.45, 2.75) is 26.4 Å². The SMILES string of the molecule is COc1ccc(-c2ccc(C(=O)NCCCNc3nsc4ccc(-c5ccc(OC(C)C)cc5)cc34)cc2)cc1. The highest BCUT2D eigenvalue weighted by Gasteiger charge is 2.10. The highest BCUT2D eigenvalue weighted by Crippen LogP contribution is 2.32. The van der Waals surface area contributed by atoms with Crippen LogP contribution in [0.5, 0.6) is 11.5 Å². The van der Waals surface area contributed by atoms with Crippen LogP contribution in [0.3, 0.4) is 0 Å². The number of amides is 1. The maximum absolute atomic E-state index is 12.6. The van der Waals surface area contributed by atoms with Gasteiger partial charge in [0, 0.05) is 24.0 Å². The zero-order valence-electron chi connectivity index (χ0n) is 22.9. The number of benzene rings is 4. The fraction of sp³-hybridized carbons (Fsp3) is 0.212. The van der Waals surface area contributed by atoms with Gasteiger partial charge in [0.2, 0.25) is 0 Å². The van der Waals surface area contributed by atoms with E-state index in [2.05, 4.69) is 45.3 Å². The van der Waals surface area contributed by atoms with Crippen LogP contribution < -0.4 is 20.1 Å². The van der Waals surface area contributed by atoms with Gasteiger partial charge in [0.15, 0.2) is 0 Å². The van der Waals surface area contributed by atoms with Crippen LogP contribution in [-0.2, 0) is 0 Å². The molecule has 0 aliphatic carbocycles. The van der Waals surface area contributed by atoms with Gasteiger partial charge in [0.1, 0.15) is 17.3 Å². The first-order valence-corrected chi connectivity index (χ1v) is 14.2. The molecule has 6 nitrogen and oxygen atoms in total. The van der Waals surface area contributed by atoms with E-state index in [4.69, 9.17) is 9.47 Å². The van der Waals surface area contributed by atoms with Crippen molar-refractivity contribution >= 4 is 33.3 Å². The molecule has 1 heterocycles. The lowest BCUT2D eigenvalue weighted by Gasteiger charge is -2.10. The Balaban J connectivity index is 1.12. The quantitative estimate of drug-likeness (QED) is 0.165. The Morgan fingerprint density at radius 1 is 0.800 bits per heavy atom. The number of nitrogens with zero attached hydrogens (tertiary/aromatic N) is 1. The van der Waals surface area contributed by atoms with Crippen molar-refractivity contribution in [3.05, 3.63) is 96.6 Å². The van der Waals surface area contributed by atoms with Crippen molar-refractivity contribution in [3.8, 4) is 33.8 Å². The van der Waals surface area contributed by atoms with E-state index in [0.717, 1.165) is 56.1 Å². The molecule has 1 aromatic heterocycles. The maximum atomic E-state index is 12.6. The lowest BCUT2D eigenvalue weighted by atomic mass is 10.0. The molecule has 0 aliphatic heterocycles. The van der Waals surface area contributed by atoms with Crippen LogP contribution in [0.4, 0.5) is 5.82 Å². The highest BCUT2D eigenvalue weighted by molar-refractivity contribution is 7.13. The van der Waals surface area contributed by atoms with Gasteiger partial charge in [-0.05, 0) is 103 Å². The van der Waals surface area contributed by atoms with Gasteiger partial charge >= 0.3 is 0 Å². The average molecular weight is 552 g/mol. The standard InChI is InChI=1S/C33H33N3O3S/c1-22(2)39-29-16-11-25(12-17-29)27-13-18-31-30(21-27)32(36-40-31)34-19-4-20-35-33(37)26-7-5-23(6-8-26)24-9-14-28(38-3)15-10-24/h5-18,21-22H,4,19-20H2,1-3H3,(H,34,36)(H,35,37). The number of ether oxygens (including phenoxy) is 2. The second kappa shape index (κ2) is 12.7. The molecule has 0 atom stereocenters. The largest absolute Gasteiger partial charge is 0.497 e. The van der Waals surface area contributed by atoms with Gasteiger partial charge < -0.3 is 20.1 Å². The van der Waals surface area contributed by atoms with E-state index in [1.54, 1.807) is 7.11 Å². The fourth-order valence-corrected chi connectivity index (χ4v) is 5.18. The molecule has 204 valence electrons. The monoisotopic (exact) mass is 551 g/mol. The Bertz CT molecular complexity index is 1560.